The second-order valence-electron chi connectivity index (χ2n) is 6.81. The van der Waals surface area contributed by atoms with Crippen LogP contribution in [0.2, 0.25) is 0 Å². The van der Waals surface area contributed by atoms with Gasteiger partial charge < -0.3 is 9.47 Å². The molecule has 0 radical (unpaired) electrons. The summed E-state index contributed by atoms with van der Waals surface area (Å²) in [4.78, 5) is 11.8. The lowest BCUT2D eigenvalue weighted by Crippen LogP contribution is -2.55. The Morgan fingerprint density at radius 3 is 2.85 bits per heavy atom. The molecule has 3 nitrogen and oxygen atoms in total. The predicted octanol–water partition coefficient (Wildman–Crippen LogP) is 3.01. The smallest absolute Gasteiger partial charge is 0.303 e. The number of hydrogen-bond donors (Lipinski definition) is 0. The summed E-state index contributed by atoms with van der Waals surface area (Å²) in [5.41, 5.74) is -0.657. The van der Waals surface area contributed by atoms with E-state index in [9.17, 15) is 4.79 Å². The molecule has 1 heterocycles. The molecule has 1 saturated heterocycles. The molecule has 3 aliphatic carbocycles. The molecule has 0 aromatic rings. The topological polar surface area (TPSA) is 35.5 Å². The molecule has 0 N–H and O–H groups in total. The molecule has 1 saturated carbocycles. The summed E-state index contributed by atoms with van der Waals surface area (Å²) in [6, 6.07) is 0. The maximum atomic E-state index is 11.8. The normalized spacial score (nSPS) is 48.5. The molecule has 3 heteroatoms. The molecule has 4 rings (SSSR count). The first-order valence-corrected chi connectivity index (χ1v) is 7.81. The van der Waals surface area contributed by atoms with E-state index in [0.717, 1.165) is 38.7 Å². The van der Waals surface area contributed by atoms with Crippen LogP contribution in [0.5, 0.6) is 0 Å². The summed E-state index contributed by atoms with van der Waals surface area (Å²) in [5.74, 6) is 1.28. The third-order valence-electron chi connectivity index (χ3n) is 5.98. The van der Waals surface area contributed by atoms with E-state index >= 15 is 0 Å². The number of carbonyl (C=O) groups is 1. The lowest BCUT2D eigenvalue weighted by molar-refractivity contribution is -0.182. The molecule has 20 heavy (non-hydrogen) atoms. The SMILES string of the molecule is CC(=O)O[C@]12C[C@H]3CC=CC[C@H]3[C@]13CC=CCC2CO3. The van der Waals surface area contributed by atoms with E-state index in [-0.39, 0.29) is 17.2 Å². The fourth-order valence-corrected chi connectivity index (χ4v) is 5.30. The van der Waals surface area contributed by atoms with Gasteiger partial charge in [0.15, 0.2) is 0 Å². The van der Waals surface area contributed by atoms with Crippen molar-refractivity contribution in [3.8, 4) is 0 Å². The first-order valence-electron chi connectivity index (χ1n) is 7.81. The quantitative estimate of drug-likeness (QED) is 0.544. The van der Waals surface area contributed by atoms with Gasteiger partial charge in [0, 0.05) is 12.8 Å². The number of ether oxygens (including phenoxy) is 2. The minimum Gasteiger partial charge on any atom is -0.456 e. The highest BCUT2D eigenvalue weighted by Gasteiger charge is 2.72. The van der Waals surface area contributed by atoms with Crippen molar-refractivity contribution in [3.63, 3.8) is 0 Å². The summed E-state index contributed by atoms with van der Waals surface area (Å²) in [6.45, 7) is 2.28. The summed E-state index contributed by atoms with van der Waals surface area (Å²) >= 11 is 0. The number of carbonyl (C=O) groups excluding carboxylic acids is 1. The van der Waals surface area contributed by atoms with Gasteiger partial charge in [0.1, 0.15) is 11.2 Å². The molecule has 0 aromatic carbocycles. The van der Waals surface area contributed by atoms with Crippen LogP contribution in [0.15, 0.2) is 24.3 Å². The highest BCUT2D eigenvalue weighted by atomic mass is 16.6. The van der Waals surface area contributed by atoms with Crippen molar-refractivity contribution in [1.29, 1.82) is 0 Å². The van der Waals surface area contributed by atoms with Crippen LogP contribution in [0.1, 0.15) is 39.0 Å². The van der Waals surface area contributed by atoms with Crippen LogP contribution in [0.4, 0.5) is 0 Å². The monoisotopic (exact) mass is 274 g/mol. The van der Waals surface area contributed by atoms with Crippen LogP contribution in [0, 0.1) is 17.8 Å². The van der Waals surface area contributed by atoms with Crippen molar-refractivity contribution in [3.05, 3.63) is 24.3 Å². The molecular weight excluding hydrogens is 252 g/mol. The Hall–Kier alpha value is -1.09. The third kappa shape index (κ3) is 1.42. The van der Waals surface area contributed by atoms with Crippen LogP contribution < -0.4 is 0 Å². The number of hydrogen-bond acceptors (Lipinski definition) is 3. The Kier molecular flexibility index (Phi) is 2.65. The number of esters is 1. The second kappa shape index (κ2) is 4.20. The summed E-state index contributed by atoms with van der Waals surface area (Å²) < 4.78 is 12.4. The first-order chi connectivity index (χ1) is 9.68. The van der Waals surface area contributed by atoms with Gasteiger partial charge in [-0.05, 0) is 43.9 Å². The Labute approximate surface area is 120 Å². The summed E-state index contributed by atoms with van der Waals surface area (Å²) in [6.07, 6.45) is 14.1. The largest absolute Gasteiger partial charge is 0.456 e. The van der Waals surface area contributed by atoms with Gasteiger partial charge in [0.2, 0.25) is 0 Å². The fraction of sp³-hybridized carbons (Fsp3) is 0.706. The molecule has 1 aliphatic heterocycles. The molecule has 0 amide bonds. The van der Waals surface area contributed by atoms with E-state index in [1.54, 1.807) is 6.92 Å². The summed E-state index contributed by atoms with van der Waals surface area (Å²) in [7, 11) is 0. The average Bonchev–Trinajstić information content (AvgIpc) is 2.75. The molecule has 4 aliphatic rings. The van der Waals surface area contributed by atoms with Crippen molar-refractivity contribution in [1.82, 2.24) is 0 Å². The molecule has 108 valence electrons. The van der Waals surface area contributed by atoms with Crippen LogP contribution in [0.25, 0.3) is 0 Å². The van der Waals surface area contributed by atoms with E-state index in [0.29, 0.717) is 17.8 Å². The number of allylic oxidation sites excluding steroid dienone is 3. The third-order valence-corrected chi connectivity index (χ3v) is 5.98. The number of fused-ring (bicyclic) bond motifs is 1. The summed E-state index contributed by atoms with van der Waals surface area (Å²) in [5, 5.41) is 0. The lowest BCUT2D eigenvalue weighted by Gasteiger charge is -2.42. The average molecular weight is 274 g/mol. The van der Waals surface area contributed by atoms with Crippen molar-refractivity contribution >= 4 is 5.97 Å². The standard InChI is InChI=1S/C17H22O3/c1-12(18)20-17-10-13-6-2-3-8-15(13)16(17)9-5-4-7-14(17)11-19-16/h2-5,13-15H,6-11H2,1H3/t13-,14?,15-,16-,17+/m1/s1. The lowest BCUT2D eigenvalue weighted by atomic mass is 9.72. The van der Waals surface area contributed by atoms with E-state index in [1.165, 1.54) is 0 Å². The minimum atomic E-state index is -0.385. The van der Waals surface area contributed by atoms with E-state index in [1.807, 2.05) is 0 Å². The molecule has 2 fully saturated rings. The van der Waals surface area contributed by atoms with Gasteiger partial charge in [-0.3, -0.25) is 4.79 Å². The Morgan fingerprint density at radius 2 is 2.00 bits per heavy atom. The van der Waals surface area contributed by atoms with Crippen molar-refractivity contribution in [2.45, 2.75) is 50.2 Å². The van der Waals surface area contributed by atoms with Gasteiger partial charge in [-0.25, -0.2) is 0 Å². The molecular formula is C17H22O3. The highest BCUT2D eigenvalue weighted by molar-refractivity contribution is 5.67. The second-order valence-corrected chi connectivity index (χ2v) is 6.81. The van der Waals surface area contributed by atoms with Gasteiger partial charge in [-0.1, -0.05) is 24.3 Å². The van der Waals surface area contributed by atoms with E-state index in [2.05, 4.69) is 24.3 Å². The fourth-order valence-electron chi connectivity index (χ4n) is 5.30. The van der Waals surface area contributed by atoms with Crippen molar-refractivity contribution in [2.75, 3.05) is 6.61 Å². The van der Waals surface area contributed by atoms with Gasteiger partial charge in [-0.2, -0.15) is 0 Å². The van der Waals surface area contributed by atoms with Crippen LogP contribution in [-0.4, -0.2) is 23.8 Å². The Balaban J connectivity index is 1.83. The zero-order chi connectivity index (χ0) is 13.8. The maximum Gasteiger partial charge on any atom is 0.303 e. The minimum absolute atomic E-state index is 0.154. The van der Waals surface area contributed by atoms with Gasteiger partial charge in [0.25, 0.3) is 0 Å². The van der Waals surface area contributed by atoms with E-state index in [4.69, 9.17) is 9.47 Å². The molecule has 1 unspecified atom stereocenters. The zero-order valence-electron chi connectivity index (χ0n) is 12.0. The maximum absolute atomic E-state index is 11.8. The predicted molar refractivity (Wildman–Crippen MR) is 75.0 cm³/mol. The van der Waals surface area contributed by atoms with Crippen molar-refractivity contribution < 1.29 is 14.3 Å². The van der Waals surface area contributed by atoms with E-state index < -0.39 is 0 Å². The Bertz CT molecular complexity index is 494. The van der Waals surface area contributed by atoms with Crippen LogP contribution in [0.3, 0.4) is 0 Å². The number of rotatable bonds is 1. The molecule has 2 bridgehead atoms. The zero-order valence-corrected chi connectivity index (χ0v) is 12.0. The highest BCUT2D eigenvalue weighted by Crippen LogP contribution is 2.64. The van der Waals surface area contributed by atoms with Crippen LogP contribution in [-0.2, 0) is 14.3 Å². The first kappa shape index (κ1) is 12.6. The van der Waals surface area contributed by atoms with Gasteiger partial charge in [0.05, 0.1) is 6.61 Å². The Morgan fingerprint density at radius 1 is 1.20 bits per heavy atom. The molecule has 5 atom stereocenters. The van der Waals surface area contributed by atoms with Crippen LogP contribution >= 0.6 is 0 Å². The molecule has 0 spiro atoms. The van der Waals surface area contributed by atoms with Crippen molar-refractivity contribution in [2.24, 2.45) is 17.8 Å². The molecule has 0 aromatic heterocycles. The van der Waals surface area contributed by atoms with Gasteiger partial charge >= 0.3 is 5.97 Å². The van der Waals surface area contributed by atoms with Gasteiger partial charge in [-0.15, -0.1) is 0 Å².